The number of aliphatic hydroxyl groups excluding tert-OH is 1. The summed E-state index contributed by atoms with van der Waals surface area (Å²) in [6.07, 6.45) is 2.80. The summed E-state index contributed by atoms with van der Waals surface area (Å²) >= 11 is 6.12. The molecule has 0 amide bonds. The third kappa shape index (κ3) is 3.58. The first-order chi connectivity index (χ1) is 9.96. The highest BCUT2D eigenvalue weighted by molar-refractivity contribution is 7.89. The van der Waals surface area contributed by atoms with Crippen LogP contribution in [0.3, 0.4) is 0 Å². The van der Waals surface area contributed by atoms with E-state index in [0.717, 1.165) is 19.3 Å². The van der Waals surface area contributed by atoms with Crippen LogP contribution in [0.2, 0.25) is 5.02 Å². The summed E-state index contributed by atoms with van der Waals surface area (Å²) in [7, 11) is -3.58. The van der Waals surface area contributed by atoms with E-state index < -0.39 is 10.0 Å². The number of hydrogen-bond acceptors (Lipinski definition) is 3. The van der Waals surface area contributed by atoms with Crippen molar-refractivity contribution in [2.45, 2.75) is 37.1 Å². The van der Waals surface area contributed by atoms with Crippen molar-refractivity contribution < 1.29 is 13.5 Å². The SMILES string of the molecule is CC1CCCCN1S(=O)(=O)c1ccc(C#CCO)cc1Cl. The molecule has 0 aromatic heterocycles. The normalized spacial score (nSPS) is 19.9. The molecule has 1 unspecified atom stereocenters. The maximum atomic E-state index is 12.7. The minimum absolute atomic E-state index is 0.00586. The van der Waals surface area contributed by atoms with E-state index in [9.17, 15) is 8.42 Å². The monoisotopic (exact) mass is 327 g/mol. The van der Waals surface area contributed by atoms with Crippen molar-refractivity contribution in [1.82, 2.24) is 4.31 Å². The second-order valence-corrected chi connectivity index (χ2v) is 7.33. The largest absolute Gasteiger partial charge is 0.384 e. The average molecular weight is 328 g/mol. The van der Waals surface area contributed by atoms with Gasteiger partial charge in [-0.25, -0.2) is 8.42 Å². The van der Waals surface area contributed by atoms with E-state index in [0.29, 0.717) is 12.1 Å². The standard InChI is InChI=1S/C15H18ClNO3S/c1-12-5-2-3-9-17(12)21(19,20)15-8-7-13(6-4-10-18)11-14(15)16/h7-8,11-12,18H,2-3,5,9-10H2,1H3. The number of nitrogens with zero attached hydrogens (tertiary/aromatic N) is 1. The van der Waals surface area contributed by atoms with Crippen LogP contribution < -0.4 is 0 Å². The van der Waals surface area contributed by atoms with Gasteiger partial charge in [-0.1, -0.05) is 29.9 Å². The van der Waals surface area contributed by atoms with Crippen molar-refractivity contribution in [2.75, 3.05) is 13.2 Å². The fourth-order valence-corrected chi connectivity index (χ4v) is 4.70. The van der Waals surface area contributed by atoms with Crippen LogP contribution in [0.1, 0.15) is 31.7 Å². The molecule has 21 heavy (non-hydrogen) atoms. The lowest BCUT2D eigenvalue weighted by atomic mass is 10.1. The molecular weight excluding hydrogens is 310 g/mol. The van der Waals surface area contributed by atoms with E-state index in [-0.39, 0.29) is 22.6 Å². The zero-order valence-electron chi connectivity index (χ0n) is 11.8. The van der Waals surface area contributed by atoms with Crippen LogP contribution in [0.5, 0.6) is 0 Å². The summed E-state index contributed by atoms with van der Waals surface area (Å²) in [6, 6.07) is 4.61. The average Bonchev–Trinajstić information content (AvgIpc) is 2.45. The van der Waals surface area contributed by atoms with Crippen LogP contribution in [0.4, 0.5) is 0 Å². The molecule has 1 heterocycles. The molecule has 0 saturated carbocycles. The summed E-state index contributed by atoms with van der Waals surface area (Å²) in [5.74, 6) is 5.22. The van der Waals surface area contributed by atoms with Crippen molar-refractivity contribution in [1.29, 1.82) is 0 Å². The summed E-state index contributed by atoms with van der Waals surface area (Å²) in [4.78, 5) is 0.118. The third-order valence-electron chi connectivity index (χ3n) is 3.57. The zero-order chi connectivity index (χ0) is 15.5. The fraction of sp³-hybridized carbons (Fsp3) is 0.467. The minimum atomic E-state index is -3.58. The first kappa shape index (κ1) is 16.3. The molecule has 1 fully saturated rings. The molecule has 0 radical (unpaired) electrons. The Hall–Kier alpha value is -1.06. The number of sulfonamides is 1. The predicted molar refractivity (Wildman–Crippen MR) is 82.6 cm³/mol. The molecular formula is C15H18ClNO3S. The Labute approximate surface area is 130 Å². The molecule has 1 aromatic carbocycles. The molecule has 4 nitrogen and oxygen atoms in total. The second kappa shape index (κ2) is 6.80. The van der Waals surface area contributed by atoms with Gasteiger partial charge >= 0.3 is 0 Å². The van der Waals surface area contributed by atoms with Gasteiger partial charge in [-0.2, -0.15) is 4.31 Å². The van der Waals surface area contributed by atoms with Crippen LogP contribution in [0, 0.1) is 11.8 Å². The van der Waals surface area contributed by atoms with Crippen LogP contribution in [0.25, 0.3) is 0 Å². The summed E-state index contributed by atoms with van der Waals surface area (Å²) in [5.41, 5.74) is 0.583. The number of rotatable bonds is 2. The zero-order valence-corrected chi connectivity index (χ0v) is 13.4. The number of halogens is 1. The van der Waals surface area contributed by atoms with Gasteiger partial charge < -0.3 is 5.11 Å². The van der Waals surface area contributed by atoms with E-state index in [1.54, 1.807) is 6.07 Å². The molecule has 1 saturated heterocycles. The van der Waals surface area contributed by atoms with Gasteiger partial charge in [0.05, 0.1) is 5.02 Å². The van der Waals surface area contributed by atoms with Crippen molar-refractivity contribution in [3.8, 4) is 11.8 Å². The van der Waals surface area contributed by atoms with Crippen LogP contribution in [-0.4, -0.2) is 37.0 Å². The van der Waals surface area contributed by atoms with Crippen molar-refractivity contribution in [3.05, 3.63) is 28.8 Å². The summed E-state index contributed by atoms with van der Waals surface area (Å²) in [6.45, 7) is 2.21. The van der Waals surface area contributed by atoms with Gasteiger partial charge in [-0.15, -0.1) is 0 Å². The Morgan fingerprint density at radius 3 is 2.81 bits per heavy atom. The maximum absolute atomic E-state index is 12.7. The molecule has 1 aliphatic heterocycles. The predicted octanol–water partition coefficient (Wildman–Crippen LogP) is 2.25. The Balaban J connectivity index is 2.36. The number of aliphatic hydroxyl groups is 1. The van der Waals surface area contributed by atoms with E-state index in [4.69, 9.17) is 16.7 Å². The first-order valence-corrected chi connectivity index (χ1v) is 8.69. The van der Waals surface area contributed by atoms with Gasteiger partial charge in [0, 0.05) is 18.2 Å². The van der Waals surface area contributed by atoms with Crippen molar-refractivity contribution in [3.63, 3.8) is 0 Å². The van der Waals surface area contributed by atoms with E-state index >= 15 is 0 Å². The Bertz CT molecular complexity index is 676. The van der Waals surface area contributed by atoms with Gasteiger partial charge in [0.15, 0.2) is 0 Å². The fourth-order valence-electron chi connectivity index (χ4n) is 2.48. The van der Waals surface area contributed by atoms with Crippen molar-refractivity contribution >= 4 is 21.6 Å². The van der Waals surface area contributed by atoms with Gasteiger partial charge in [0.2, 0.25) is 10.0 Å². The highest BCUT2D eigenvalue weighted by Gasteiger charge is 2.32. The molecule has 2 rings (SSSR count). The van der Waals surface area contributed by atoms with Crippen LogP contribution >= 0.6 is 11.6 Å². The Kier molecular flexibility index (Phi) is 5.28. The lowest BCUT2D eigenvalue weighted by Crippen LogP contribution is -2.42. The summed E-state index contributed by atoms with van der Waals surface area (Å²) < 4.78 is 26.9. The molecule has 1 aliphatic rings. The molecule has 0 aliphatic carbocycles. The topological polar surface area (TPSA) is 57.6 Å². The quantitative estimate of drug-likeness (QED) is 0.848. The molecule has 114 valence electrons. The van der Waals surface area contributed by atoms with Crippen LogP contribution in [0.15, 0.2) is 23.1 Å². The highest BCUT2D eigenvalue weighted by atomic mass is 35.5. The lowest BCUT2D eigenvalue weighted by Gasteiger charge is -2.32. The number of benzene rings is 1. The van der Waals surface area contributed by atoms with E-state index in [1.807, 2.05) is 6.92 Å². The third-order valence-corrected chi connectivity index (χ3v) is 6.07. The van der Waals surface area contributed by atoms with Gasteiger partial charge in [0.25, 0.3) is 0 Å². The smallest absolute Gasteiger partial charge is 0.244 e. The molecule has 1 N–H and O–H groups in total. The highest BCUT2D eigenvalue weighted by Crippen LogP contribution is 2.29. The molecule has 1 aromatic rings. The van der Waals surface area contributed by atoms with Crippen molar-refractivity contribution in [2.24, 2.45) is 0 Å². The van der Waals surface area contributed by atoms with Gasteiger partial charge in [-0.05, 0) is 38.0 Å². The lowest BCUT2D eigenvalue weighted by molar-refractivity contribution is 0.268. The second-order valence-electron chi connectivity index (χ2n) is 5.07. The van der Waals surface area contributed by atoms with Gasteiger partial charge in [0.1, 0.15) is 11.5 Å². The number of piperidine rings is 1. The van der Waals surface area contributed by atoms with Crippen LogP contribution in [-0.2, 0) is 10.0 Å². The Morgan fingerprint density at radius 2 is 2.19 bits per heavy atom. The van der Waals surface area contributed by atoms with E-state index in [2.05, 4.69) is 11.8 Å². The minimum Gasteiger partial charge on any atom is -0.384 e. The molecule has 0 bridgehead atoms. The maximum Gasteiger partial charge on any atom is 0.244 e. The Morgan fingerprint density at radius 1 is 1.43 bits per heavy atom. The first-order valence-electron chi connectivity index (χ1n) is 6.88. The van der Waals surface area contributed by atoms with Gasteiger partial charge in [-0.3, -0.25) is 0 Å². The molecule has 6 heteroatoms. The number of hydrogen-bond donors (Lipinski definition) is 1. The van der Waals surface area contributed by atoms with E-state index in [1.165, 1.54) is 16.4 Å². The summed E-state index contributed by atoms with van der Waals surface area (Å²) in [5, 5.41) is 8.84. The molecule has 1 atom stereocenters. The molecule has 0 spiro atoms.